The van der Waals surface area contributed by atoms with Crippen LogP contribution in [0.1, 0.15) is 19.4 Å². The Bertz CT molecular complexity index is 686. The van der Waals surface area contributed by atoms with E-state index in [1.807, 2.05) is 0 Å². The van der Waals surface area contributed by atoms with Crippen molar-refractivity contribution in [2.45, 2.75) is 26.1 Å². The molecule has 1 rings (SSSR count). The molecule has 134 valence electrons. The van der Waals surface area contributed by atoms with Crippen molar-refractivity contribution in [3.63, 3.8) is 0 Å². The maximum Gasteiger partial charge on any atom is 0.266 e. The number of phenolic OH excluding ortho intramolecular Hbond substituents is 1. The quantitative estimate of drug-likeness (QED) is 0.309. The molecule has 0 aliphatic heterocycles. The van der Waals surface area contributed by atoms with Gasteiger partial charge in [0.05, 0.1) is 12.4 Å². The smallest absolute Gasteiger partial charge is 0.266 e. The molecule has 1 aromatic carbocycles. The summed E-state index contributed by atoms with van der Waals surface area (Å²) in [5.74, 6) is -1.69. The second-order valence-corrected chi connectivity index (χ2v) is 6.89. The van der Waals surface area contributed by atoms with Gasteiger partial charge in [0.1, 0.15) is 5.75 Å². The predicted octanol–water partition coefficient (Wildman–Crippen LogP) is 0.303. The number of ketones is 2. The number of carbonyl (C=O) groups excluding carboxylic acids is 2. The van der Waals surface area contributed by atoms with Gasteiger partial charge < -0.3 is 15.2 Å². The fourth-order valence-electron chi connectivity index (χ4n) is 2.05. The lowest BCUT2D eigenvalue weighted by atomic mass is 9.94. The van der Waals surface area contributed by atoms with Crippen LogP contribution in [0.5, 0.6) is 5.75 Å². The largest absolute Gasteiger partial charge is 0.508 e. The van der Waals surface area contributed by atoms with Crippen LogP contribution in [0.25, 0.3) is 0 Å². The Kier molecular flexibility index (Phi) is 7.03. The van der Waals surface area contributed by atoms with E-state index in [1.54, 1.807) is 18.2 Å². The van der Waals surface area contributed by atoms with Crippen molar-refractivity contribution in [1.29, 1.82) is 0 Å². The lowest BCUT2D eigenvalue weighted by Gasteiger charge is -2.29. The first-order valence-electron chi connectivity index (χ1n) is 7.17. The molecule has 1 aromatic rings. The molecule has 0 saturated heterocycles. The van der Waals surface area contributed by atoms with E-state index in [1.165, 1.54) is 19.9 Å². The Morgan fingerprint density at radius 3 is 2.29 bits per heavy atom. The molecule has 0 amide bonds. The molecule has 8 nitrogen and oxygen atoms in total. The third-order valence-electron chi connectivity index (χ3n) is 3.51. The highest BCUT2D eigenvalue weighted by atomic mass is 32.2. The molecule has 24 heavy (non-hydrogen) atoms. The van der Waals surface area contributed by atoms with Crippen LogP contribution >= 0.6 is 0 Å². The Balaban J connectivity index is 2.84. The molecule has 0 unspecified atom stereocenters. The van der Waals surface area contributed by atoms with Gasteiger partial charge in [-0.05, 0) is 19.9 Å². The van der Waals surface area contributed by atoms with Crippen LogP contribution in [-0.4, -0.2) is 54.1 Å². The number of nitrogens with one attached hydrogen (secondary N) is 1. The van der Waals surface area contributed by atoms with E-state index in [0.717, 1.165) is 0 Å². The molecule has 9 heteroatoms. The number of ether oxygens (including phenoxy) is 1. The van der Waals surface area contributed by atoms with Gasteiger partial charge in [-0.3, -0.25) is 14.1 Å². The molecule has 0 fully saturated rings. The standard InChI is InChI=1S/C15H21NO7S/c1-11(17)15(12(2)18,10-16-7-8-24(20,21)22)23-9-13-5-3-4-6-14(13)19/h3-6,16,19H,7-10H2,1-2H3,(H,20,21,22). The molecular weight excluding hydrogens is 338 g/mol. The van der Waals surface area contributed by atoms with Crippen LogP contribution in [-0.2, 0) is 31.1 Å². The molecule has 0 atom stereocenters. The topological polar surface area (TPSA) is 130 Å². The predicted molar refractivity (Wildman–Crippen MR) is 86.3 cm³/mol. The van der Waals surface area contributed by atoms with Crippen LogP contribution in [0.2, 0.25) is 0 Å². The minimum absolute atomic E-state index is 0.0298. The lowest BCUT2D eigenvalue weighted by molar-refractivity contribution is -0.156. The number of aromatic hydroxyl groups is 1. The van der Waals surface area contributed by atoms with E-state index in [0.29, 0.717) is 5.56 Å². The van der Waals surface area contributed by atoms with Crippen molar-refractivity contribution >= 4 is 21.7 Å². The average Bonchev–Trinajstić information content (AvgIpc) is 2.46. The summed E-state index contributed by atoms with van der Waals surface area (Å²) in [6.07, 6.45) is 0. The van der Waals surface area contributed by atoms with Crippen LogP contribution in [0.3, 0.4) is 0 Å². The van der Waals surface area contributed by atoms with Crippen molar-refractivity contribution in [3.8, 4) is 5.75 Å². The zero-order valence-corrected chi connectivity index (χ0v) is 14.3. The summed E-state index contributed by atoms with van der Waals surface area (Å²) in [7, 11) is -4.15. The van der Waals surface area contributed by atoms with Crippen molar-refractivity contribution in [1.82, 2.24) is 5.32 Å². The second-order valence-electron chi connectivity index (χ2n) is 5.32. The zero-order valence-electron chi connectivity index (χ0n) is 13.5. The fraction of sp³-hybridized carbons (Fsp3) is 0.467. The summed E-state index contributed by atoms with van der Waals surface area (Å²) in [6.45, 7) is 1.81. The summed E-state index contributed by atoms with van der Waals surface area (Å²) in [6, 6.07) is 6.34. The van der Waals surface area contributed by atoms with Crippen molar-refractivity contribution in [3.05, 3.63) is 29.8 Å². The van der Waals surface area contributed by atoms with Crippen LogP contribution < -0.4 is 5.32 Å². The first-order chi connectivity index (χ1) is 11.1. The highest BCUT2D eigenvalue weighted by Crippen LogP contribution is 2.21. The minimum Gasteiger partial charge on any atom is -0.508 e. The molecule has 0 bridgehead atoms. The number of hydrogen-bond acceptors (Lipinski definition) is 7. The van der Waals surface area contributed by atoms with Gasteiger partial charge in [0, 0.05) is 18.7 Å². The molecule has 0 saturated carbocycles. The SMILES string of the molecule is CC(=O)C(CNCCS(=O)(=O)O)(OCc1ccccc1O)C(C)=O. The first kappa shape index (κ1) is 20.2. The molecule has 0 aliphatic carbocycles. The van der Waals surface area contributed by atoms with Gasteiger partial charge in [-0.2, -0.15) is 8.42 Å². The molecule has 3 N–H and O–H groups in total. The van der Waals surface area contributed by atoms with E-state index < -0.39 is 33.0 Å². The number of phenols is 1. The molecular formula is C15H21NO7S. The normalized spacial score (nSPS) is 12.1. The van der Waals surface area contributed by atoms with Gasteiger partial charge in [0.15, 0.2) is 17.2 Å². The number of hydrogen-bond donors (Lipinski definition) is 3. The minimum atomic E-state index is -4.15. The third kappa shape index (κ3) is 5.68. The number of carbonyl (C=O) groups is 2. The number of benzene rings is 1. The zero-order chi connectivity index (χ0) is 18.4. The Hall–Kier alpha value is -1.81. The molecule has 0 radical (unpaired) electrons. The monoisotopic (exact) mass is 359 g/mol. The fourth-order valence-corrected chi connectivity index (χ4v) is 2.45. The summed E-state index contributed by atoms with van der Waals surface area (Å²) in [5, 5.41) is 12.4. The molecule has 0 heterocycles. The third-order valence-corrected chi connectivity index (χ3v) is 4.23. The van der Waals surface area contributed by atoms with Gasteiger partial charge in [-0.1, -0.05) is 18.2 Å². The second kappa shape index (κ2) is 8.34. The Morgan fingerprint density at radius 1 is 1.21 bits per heavy atom. The number of rotatable bonds is 10. The van der Waals surface area contributed by atoms with Crippen LogP contribution in [0.4, 0.5) is 0 Å². The number of para-hydroxylation sites is 1. The lowest BCUT2D eigenvalue weighted by Crippen LogP contribution is -2.54. The maximum atomic E-state index is 12.0. The highest BCUT2D eigenvalue weighted by Gasteiger charge is 2.41. The molecule has 0 spiro atoms. The summed E-state index contributed by atoms with van der Waals surface area (Å²) in [4.78, 5) is 24.0. The van der Waals surface area contributed by atoms with E-state index in [9.17, 15) is 23.1 Å². The van der Waals surface area contributed by atoms with Gasteiger partial charge in [0.2, 0.25) is 0 Å². The Morgan fingerprint density at radius 2 is 1.79 bits per heavy atom. The highest BCUT2D eigenvalue weighted by molar-refractivity contribution is 7.85. The summed E-state index contributed by atoms with van der Waals surface area (Å²) < 4.78 is 35.6. The van der Waals surface area contributed by atoms with Gasteiger partial charge in [0.25, 0.3) is 10.1 Å². The van der Waals surface area contributed by atoms with E-state index >= 15 is 0 Å². The maximum absolute atomic E-state index is 12.0. The van der Waals surface area contributed by atoms with Crippen LogP contribution in [0, 0.1) is 0 Å². The first-order valence-corrected chi connectivity index (χ1v) is 8.78. The van der Waals surface area contributed by atoms with Crippen molar-refractivity contribution in [2.75, 3.05) is 18.8 Å². The van der Waals surface area contributed by atoms with E-state index in [2.05, 4.69) is 5.32 Å². The summed E-state index contributed by atoms with van der Waals surface area (Å²) in [5.41, 5.74) is -1.40. The Labute approximate surface area is 140 Å². The average molecular weight is 359 g/mol. The van der Waals surface area contributed by atoms with Crippen LogP contribution in [0.15, 0.2) is 24.3 Å². The van der Waals surface area contributed by atoms with Gasteiger partial charge in [-0.15, -0.1) is 0 Å². The van der Waals surface area contributed by atoms with Gasteiger partial charge >= 0.3 is 0 Å². The van der Waals surface area contributed by atoms with E-state index in [4.69, 9.17) is 9.29 Å². The molecule has 0 aliphatic rings. The van der Waals surface area contributed by atoms with E-state index in [-0.39, 0.29) is 25.4 Å². The van der Waals surface area contributed by atoms with Crippen molar-refractivity contribution < 1.29 is 32.4 Å². The van der Waals surface area contributed by atoms with Crippen molar-refractivity contribution in [2.24, 2.45) is 0 Å². The van der Waals surface area contributed by atoms with Gasteiger partial charge in [-0.25, -0.2) is 0 Å². The molecule has 0 aromatic heterocycles. The number of Topliss-reactive ketones (excluding diaryl/α,β-unsaturated/α-hetero) is 2. The summed E-state index contributed by atoms with van der Waals surface area (Å²) >= 11 is 0.